The van der Waals surface area contributed by atoms with E-state index in [4.69, 9.17) is 21.1 Å². The summed E-state index contributed by atoms with van der Waals surface area (Å²) < 4.78 is 38.6. The summed E-state index contributed by atoms with van der Waals surface area (Å²) in [4.78, 5) is 0.184. The molecule has 4 rings (SSSR count). The third-order valence-electron chi connectivity index (χ3n) is 4.65. The fourth-order valence-electron chi connectivity index (χ4n) is 3.37. The van der Waals surface area contributed by atoms with Crippen LogP contribution < -0.4 is 9.47 Å². The van der Waals surface area contributed by atoms with E-state index in [9.17, 15) is 8.42 Å². The second kappa shape index (κ2) is 6.20. The zero-order valence-corrected chi connectivity index (χ0v) is 15.4. The molecule has 2 heterocycles. The van der Waals surface area contributed by atoms with Crippen LogP contribution in [0.2, 0.25) is 5.02 Å². The molecule has 0 saturated heterocycles. The lowest BCUT2D eigenvalue weighted by molar-refractivity contribution is 0.348. The summed E-state index contributed by atoms with van der Waals surface area (Å²) in [6, 6.07) is 8.34. The number of nitrogens with zero attached hydrogens (tertiary/aromatic N) is 1. The van der Waals surface area contributed by atoms with Gasteiger partial charge in [-0.2, -0.15) is 4.31 Å². The average molecular weight is 380 g/mol. The van der Waals surface area contributed by atoms with Crippen LogP contribution in [0, 0.1) is 0 Å². The van der Waals surface area contributed by atoms with Crippen LogP contribution in [0.3, 0.4) is 0 Å². The number of rotatable bonds is 4. The molecule has 0 fully saturated rings. The first-order valence-electron chi connectivity index (χ1n) is 8.12. The van der Waals surface area contributed by atoms with E-state index in [1.807, 2.05) is 6.07 Å². The molecule has 0 N–H and O–H groups in total. The molecule has 5 nitrogen and oxygen atoms in total. The van der Waals surface area contributed by atoms with Crippen molar-refractivity contribution < 1.29 is 17.9 Å². The van der Waals surface area contributed by atoms with Crippen LogP contribution in [-0.4, -0.2) is 33.0 Å². The summed E-state index contributed by atoms with van der Waals surface area (Å²) in [5, 5.41) is 0.396. The zero-order valence-electron chi connectivity index (χ0n) is 13.8. The Labute approximate surface area is 152 Å². The van der Waals surface area contributed by atoms with Gasteiger partial charge in [0.2, 0.25) is 10.0 Å². The molecule has 2 aromatic carbocycles. The lowest BCUT2D eigenvalue weighted by Crippen LogP contribution is -2.27. The lowest BCUT2D eigenvalue weighted by Gasteiger charge is -2.20. The maximum Gasteiger partial charge on any atom is 0.243 e. The number of benzene rings is 2. The highest BCUT2D eigenvalue weighted by atomic mass is 35.5. The fraction of sp³-hybridized carbons (Fsp3) is 0.333. The summed E-state index contributed by atoms with van der Waals surface area (Å²) in [7, 11) is -2.07. The second-order valence-corrected chi connectivity index (χ2v) is 8.72. The molecule has 0 aromatic heterocycles. The first kappa shape index (κ1) is 16.7. The molecular weight excluding hydrogens is 362 g/mol. The van der Waals surface area contributed by atoms with Crippen LogP contribution >= 0.6 is 11.6 Å². The summed E-state index contributed by atoms with van der Waals surface area (Å²) in [5.41, 5.74) is 3.05. The molecule has 2 aliphatic heterocycles. The minimum absolute atomic E-state index is 0.184. The van der Waals surface area contributed by atoms with E-state index >= 15 is 0 Å². The van der Waals surface area contributed by atoms with Crippen LogP contribution in [0.15, 0.2) is 35.2 Å². The molecule has 2 aromatic rings. The number of sulfonamides is 1. The molecule has 0 saturated carbocycles. The van der Waals surface area contributed by atoms with Gasteiger partial charge in [-0.1, -0.05) is 17.7 Å². The standard InChI is InChI=1S/C18H18ClNO4S/c1-20(25(21,22)14-4-2-3-13(19)10-14)11-16-15-6-8-23-17(15)9-12-5-7-24-18(12)16/h2-4,9-10H,5-8,11H2,1H3. The topological polar surface area (TPSA) is 55.8 Å². The third-order valence-corrected chi connectivity index (χ3v) is 6.68. The predicted octanol–water partition coefficient (Wildman–Crippen LogP) is 3.03. The van der Waals surface area contributed by atoms with E-state index in [1.54, 1.807) is 25.2 Å². The highest BCUT2D eigenvalue weighted by Gasteiger charge is 2.30. The van der Waals surface area contributed by atoms with Gasteiger partial charge in [-0.25, -0.2) is 8.42 Å². The summed E-state index contributed by atoms with van der Waals surface area (Å²) in [5.74, 6) is 1.67. The van der Waals surface area contributed by atoms with Crippen molar-refractivity contribution in [2.24, 2.45) is 0 Å². The minimum atomic E-state index is -3.64. The maximum absolute atomic E-state index is 12.9. The summed E-state index contributed by atoms with van der Waals surface area (Å²) >= 11 is 5.95. The van der Waals surface area contributed by atoms with E-state index < -0.39 is 10.0 Å². The Balaban J connectivity index is 1.71. The van der Waals surface area contributed by atoms with Crippen LogP contribution in [0.4, 0.5) is 0 Å². The fourth-order valence-corrected chi connectivity index (χ4v) is 4.81. The van der Waals surface area contributed by atoms with Gasteiger partial charge >= 0.3 is 0 Å². The van der Waals surface area contributed by atoms with Crippen molar-refractivity contribution in [2.75, 3.05) is 20.3 Å². The molecule has 0 amide bonds. The normalized spacial score (nSPS) is 15.6. The van der Waals surface area contributed by atoms with Gasteiger partial charge in [0, 0.05) is 48.1 Å². The van der Waals surface area contributed by atoms with E-state index in [1.165, 1.54) is 10.4 Å². The zero-order chi connectivity index (χ0) is 17.6. The van der Waals surface area contributed by atoms with Crippen molar-refractivity contribution in [3.8, 4) is 11.5 Å². The molecule has 0 aliphatic carbocycles. The van der Waals surface area contributed by atoms with Gasteiger partial charge in [0.05, 0.1) is 18.1 Å². The minimum Gasteiger partial charge on any atom is -0.493 e. The molecule has 0 atom stereocenters. The van der Waals surface area contributed by atoms with Gasteiger partial charge in [0.1, 0.15) is 11.5 Å². The molecule has 0 spiro atoms. The van der Waals surface area contributed by atoms with Crippen molar-refractivity contribution in [1.29, 1.82) is 0 Å². The predicted molar refractivity (Wildman–Crippen MR) is 94.9 cm³/mol. The van der Waals surface area contributed by atoms with Gasteiger partial charge in [0.15, 0.2) is 0 Å². The average Bonchev–Trinajstić information content (AvgIpc) is 3.23. The van der Waals surface area contributed by atoms with Crippen LogP contribution in [0.1, 0.15) is 16.7 Å². The van der Waals surface area contributed by atoms with Crippen molar-refractivity contribution in [1.82, 2.24) is 4.31 Å². The van der Waals surface area contributed by atoms with Crippen molar-refractivity contribution in [3.63, 3.8) is 0 Å². The van der Waals surface area contributed by atoms with Crippen molar-refractivity contribution in [3.05, 3.63) is 52.0 Å². The Bertz CT molecular complexity index is 910. The number of fused-ring (bicyclic) bond motifs is 2. The monoisotopic (exact) mass is 379 g/mol. The Morgan fingerprint density at radius 1 is 1.16 bits per heavy atom. The largest absolute Gasteiger partial charge is 0.493 e. The Kier molecular flexibility index (Phi) is 4.14. The molecule has 0 radical (unpaired) electrons. The molecule has 0 unspecified atom stereocenters. The number of ether oxygens (including phenoxy) is 2. The van der Waals surface area contributed by atoms with E-state index in [2.05, 4.69) is 0 Å². The highest BCUT2D eigenvalue weighted by molar-refractivity contribution is 7.89. The van der Waals surface area contributed by atoms with Crippen LogP contribution in [0.5, 0.6) is 11.5 Å². The van der Waals surface area contributed by atoms with E-state index in [0.717, 1.165) is 41.0 Å². The summed E-state index contributed by atoms with van der Waals surface area (Å²) in [6.45, 7) is 1.48. The number of halogens is 1. The Morgan fingerprint density at radius 3 is 2.76 bits per heavy atom. The lowest BCUT2D eigenvalue weighted by atomic mass is 9.99. The second-order valence-electron chi connectivity index (χ2n) is 6.24. The molecule has 7 heteroatoms. The SMILES string of the molecule is CN(Cc1c2c(cc3c1OCC3)OCC2)S(=O)(=O)c1cccc(Cl)c1. The smallest absolute Gasteiger partial charge is 0.243 e. The van der Waals surface area contributed by atoms with E-state index in [-0.39, 0.29) is 11.4 Å². The van der Waals surface area contributed by atoms with Crippen molar-refractivity contribution in [2.45, 2.75) is 24.3 Å². The summed E-state index contributed by atoms with van der Waals surface area (Å²) in [6.07, 6.45) is 1.59. The first-order chi connectivity index (χ1) is 12.0. The first-order valence-corrected chi connectivity index (χ1v) is 9.94. The van der Waals surface area contributed by atoms with Gasteiger partial charge in [-0.3, -0.25) is 0 Å². The van der Waals surface area contributed by atoms with Crippen molar-refractivity contribution >= 4 is 21.6 Å². The molecule has 2 aliphatic rings. The van der Waals surface area contributed by atoms with Gasteiger partial charge < -0.3 is 9.47 Å². The van der Waals surface area contributed by atoms with E-state index in [0.29, 0.717) is 18.2 Å². The van der Waals surface area contributed by atoms with Gasteiger partial charge in [-0.15, -0.1) is 0 Å². The number of hydrogen-bond acceptors (Lipinski definition) is 4. The van der Waals surface area contributed by atoms with Crippen LogP contribution in [0.25, 0.3) is 0 Å². The van der Waals surface area contributed by atoms with Gasteiger partial charge in [0.25, 0.3) is 0 Å². The van der Waals surface area contributed by atoms with Gasteiger partial charge in [-0.05, 0) is 24.3 Å². The Morgan fingerprint density at radius 2 is 1.96 bits per heavy atom. The van der Waals surface area contributed by atoms with Crippen LogP contribution in [-0.2, 0) is 29.4 Å². The Hall–Kier alpha value is -1.76. The quantitative estimate of drug-likeness (QED) is 0.819. The third kappa shape index (κ3) is 2.88. The maximum atomic E-state index is 12.9. The molecule has 0 bridgehead atoms. The molecule has 132 valence electrons. The highest BCUT2D eigenvalue weighted by Crippen LogP contribution is 2.41. The molecule has 25 heavy (non-hydrogen) atoms. The molecular formula is C18H18ClNO4S. The number of hydrogen-bond donors (Lipinski definition) is 0.